The predicted octanol–water partition coefficient (Wildman–Crippen LogP) is 2.70. The zero-order chi connectivity index (χ0) is 16.7. The minimum atomic E-state index is 0.252. The van der Waals surface area contributed by atoms with Crippen LogP contribution in [0.15, 0.2) is 24.3 Å². The Labute approximate surface area is 140 Å². The molecule has 1 aliphatic heterocycles. The van der Waals surface area contributed by atoms with Crippen molar-refractivity contribution in [3.8, 4) is 0 Å². The zero-order valence-corrected chi connectivity index (χ0v) is 14.8. The Morgan fingerprint density at radius 2 is 2.09 bits per heavy atom. The summed E-state index contributed by atoms with van der Waals surface area (Å²) in [5.74, 6) is 0.844. The van der Waals surface area contributed by atoms with Crippen molar-refractivity contribution in [2.45, 2.75) is 32.7 Å². The van der Waals surface area contributed by atoms with Crippen LogP contribution >= 0.6 is 0 Å². The summed E-state index contributed by atoms with van der Waals surface area (Å²) in [4.78, 5) is 16.7. The van der Waals surface area contributed by atoms with Crippen LogP contribution in [0.3, 0.4) is 0 Å². The average molecular weight is 318 g/mol. The Hall–Kier alpha value is -1.39. The molecule has 1 saturated heterocycles. The second kappa shape index (κ2) is 9.04. The number of aryl methyl sites for hydroxylation is 1. The maximum atomic E-state index is 12.5. The summed E-state index contributed by atoms with van der Waals surface area (Å²) in [7, 11) is 3.76. The lowest BCUT2D eigenvalue weighted by Crippen LogP contribution is -2.44. The second-order valence-electron chi connectivity index (χ2n) is 6.79. The van der Waals surface area contributed by atoms with E-state index >= 15 is 0 Å². The van der Waals surface area contributed by atoms with Crippen LogP contribution in [0.25, 0.3) is 0 Å². The molecule has 4 heteroatoms. The topological polar surface area (TPSA) is 32.8 Å². The third kappa shape index (κ3) is 5.96. The molecule has 4 nitrogen and oxygen atoms in total. The van der Waals surface area contributed by atoms with Crippen molar-refractivity contribution in [2.75, 3.05) is 40.4 Å². The molecule has 1 heterocycles. The number of methoxy groups -OCH3 is 1. The molecule has 1 aromatic rings. The second-order valence-corrected chi connectivity index (χ2v) is 6.79. The van der Waals surface area contributed by atoms with E-state index in [1.54, 1.807) is 7.11 Å². The van der Waals surface area contributed by atoms with E-state index in [9.17, 15) is 4.79 Å². The van der Waals surface area contributed by atoms with Gasteiger partial charge in [-0.25, -0.2) is 0 Å². The van der Waals surface area contributed by atoms with E-state index in [0.717, 1.165) is 39.1 Å². The zero-order valence-electron chi connectivity index (χ0n) is 14.8. The van der Waals surface area contributed by atoms with Gasteiger partial charge in [0.2, 0.25) is 5.91 Å². The fourth-order valence-electron chi connectivity index (χ4n) is 3.20. The van der Waals surface area contributed by atoms with Crippen molar-refractivity contribution in [1.29, 1.82) is 0 Å². The Morgan fingerprint density at radius 1 is 1.35 bits per heavy atom. The van der Waals surface area contributed by atoms with Crippen LogP contribution in [0.5, 0.6) is 0 Å². The lowest BCUT2D eigenvalue weighted by molar-refractivity contribution is -0.134. The first-order valence-corrected chi connectivity index (χ1v) is 8.59. The summed E-state index contributed by atoms with van der Waals surface area (Å²) in [6.45, 7) is 5.98. The molecule has 0 aliphatic carbocycles. The Morgan fingerprint density at radius 3 is 2.78 bits per heavy atom. The maximum absolute atomic E-state index is 12.5. The number of ether oxygens (including phenoxy) is 1. The number of carbonyl (C=O) groups is 1. The van der Waals surface area contributed by atoms with Gasteiger partial charge in [0.1, 0.15) is 0 Å². The summed E-state index contributed by atoms with van der Waals surface area (Å²) >= 11 is 0. The molecule has 1 atom stereocenters. The number of hydrogen-bond donors (Lipinski definition) is 0. The largest absolute Gasteiger partial charge is 0.385 e. The van der Waals surface area contributed by atoms with Gasteiger partial charge in [-0.2, -0.15) is 0 Å². The summed E-state index contributed by atoms with van der Waals surface area (Å²) in [5, 5.41) is 0. The number of likely N-dealkylation sites (tertiary alicyclic amines) is 1. The summed E-state index contributed by atoms with van der Waals surface area (Å²) in [5.41, 5.74) is 2.52. The van der Waals surface area contributed by atoms with E-state index in [1.165, 1.54) is 17.5 Å². The molecule has 1 fully saturated rings. The fourth-order valence-corrected chi connectivity index (χ4v) is 3.20. The van der Waals surface area contributed by atoms with Crippen LogP contribution in [-0.4, -0.2) is 56.1 Å². The number of likely N-dealkylation sites (N-methyl/N-ethyl adjacent to an activating group) is 1. The summed E-state index contributed by atoms with van der Waals surface area (Å²) in [6, 6.07) is 8.52. The normalized spacial score (nSPS) is 18.4. The van der Waals surface area contributed by atoms with Crippen molar-refractivity contribution in [3.63, 3.8) is 0 Å². The van der Waals surface area contributed by atoms with Crippen LogP contribution in [0.4, 0.5) is 0 Å². The van der Waals surface area contributed by atoms with E-state index in [-0.39, 0.29) is 5.91 Å². The van der Waals surface area contributed by atoms with E-state index in [1.807, 2.05) is 11.9 Å². The number of amides is 1. The number of rotatable bonds is 7. The number of nitrogens with zero attached hydrogens (tertiary/aromatic N) is 2. The highest BCUT2D eigenvalue weighted by Gasteiger charge is 2.23. The van der Waals surface area contributed by atoms with Crippen molar-refractivity contribution < 1.29 is 9.53 Å². The fraction of sp³-hybridized carbons (Fsp3) is 0.632. The lowest BCUT2D eigenvalue weighted by atomic mass is 9.95. The summed E-state index contributed by atoms with van der Waals surface area (Å²) < 4.78 is 5.17. The van der Waals surface area contributed by atoms with E-state index in [4.69, 9.17) is 4.74 Å². The minimum Gasteiger partial charge on any atom is -0.385 e. The molecule has 1 unspecified atom stereocenters. The molecule has 1 amide bonds. The van der Waals surface area contributed by atoms with Gasteiger partial charge in [0, 0.05) is 33.4 Å². The van der Waals surface area contributed by atoms with Gasteiger partial charge >= 0.3 is 0 Å². The van der Waals surface area contributed by atoms with E-state index in [0.29, 0.717) is 12.5 Å². The van der Waals surface area contributed by atoms with Gasteiger partial charge in [0.15, 0.2) is 0 Å². The molecule has 1 aliphatic rings. The Balaban J connectivity index is 1.79. The van der Waals surface area contributed by atoms with Crippen LogP contribution in [0.1, 0.15) is 30.4 Å². The first kappa shape index (κ1) is 18.0. The molecule has 0 saturated carbocycles. The smallest absolute Gasteiger partial charge is 0.236 e. The van der Waals surface area contributed by atoms with Crippen molar-refractivity contribution in [3.05, 3.63) is 35.4 Å². The molecule has 0 spiro atoms. The van der Waals surface area contributed by atoms with Gasteiger partial charge in [-0.3, -0.25) is 9.69 Å². The van der Waals surface area contributed by atoms with Gasteiger partial charge in [0.05, 0.1) is 6.54 Å². The van der Waals surface area contributed by atoms with Crippen LogP contribution in [0, 0.1) is 12.8 Å². The molecule has 128 valence electrons. The molecule has 0 bridgehead atoms. The number of piperidine rings is 1. The number of carbonyl (C=O) groups excluding carboxylic acids is 1. The molecule has 0 aromatic heterocycles. The van der Waals surface area contributed by atoms with Crippen molar-refractivity contribution in [2.24, 2.45) is 5.92 Å². The highest BCUT2D eigenvalue weighted by molar-refractivity contribution is 5.78. The van der Waals surface area contributed by atoms with E-state index < -0.39 is 0 Å². The SMILES string of the molecule is COCCC1CCCN(C(=O)CN(C)Cc2ccc(C)cc2)C1. The molecular weight excluding hydrogens is 288 g/mol. The minimum absolute atomic E-state index is 0.252. The Kier molecular flexibility index (Phi) is 7.06. The highest BCUT2D eigenvalue weighted by Crippen LogP contribution is 2.20. The molecule has 1 aromatic carbocycles. The van der Waals surface area contributed by atoms with Crippen LogP contribution < -0.4 is 0 Å². The predicted molar refractivity (Wildman–Crippen MR) is 93.3 cm³/mol. The third-order valence-electron chi connectivity index (χ3n) is 4.58. The van der Waals surface area contributed by atoms with Crippen LogP contribution in [-0.2, 0) is 16.1 Å². The summed E-state index contributed by atoms with van der Waals surface area (Å²) in [6.07, 6.45) is 3.38. The van der Waals surface area contributed by atoms with Crippen molar-refractivity contribution in [1.82, 2.24) is 9.80 Å². The van der Waals surface area contributed by atoms with Crippen molar-refractivity contribution >= 4 is 5.91 Å². The average Bonchev–Trinajstić information content (AvgIpc) is 2.55. The molecular formula is C19H30N2O2. The third-order valence-corrected chi connectivity index (χ3v) is 4.58. The monoisotopic (exact) mass is 318 g/mol. The first-order chi connectivity index (χ1) is 11.1. The van der Waals surface area contributed by atoms with Gasteiger partial charge in [-0.15, -0.1) is 0 Å². The first-order valence-electron chi connectivity index (χ1n) is 8.59. The van der Waals surface area contributed by atoms with Gasteiger partial charge in [-0.1, -0.05) is 29.8 Å². The maximum Gasteiger partial charge on any atom is 0.236 e. The van der Waals surface area contributed by atoms with E-state index in [2.05, 4.69) is 36.1 Å². The highest BCUT2D eigenvalue weighted by atomic mass is 16.5. The Bertz CT molecular complexity index is 487. The molecule has 0 N–H and O–H groups in total. The number of benzene rings is 1. The van der Waals surface area contributed by atoms with Gasteiger partial charge in [-0.05, 0) is 44.7 Å². The van der Waals surface area contributed by atoms with Crippen LogP contribution in [0.2, 0.25) is 0 Å². The number of hydrogen-bond acceptors (Lipinski definition) is 3. The molecule has 2 rings (SSSR count). The molecule has 0 radical (unpaired) electrons. The van der Waals surface area contributed by atoms with Gasteiger partial charge < -0.3 is 9.64 Å². The standard InChI is InChI=1S/C19H30N2O2/c1-16-6-8-18(9-7-16)13-20(2)15-19(22)21-11-4-5-17(14-21)10-12-23-3/h6-9,17H,4-5,10-15H2,1-3H3. The quantitative estimate of drug-likeness (QED) is 0.775. The lowest BCUT2D eigenvalue weighted by Gasteiger charge is -2.33. The van der Waals surface area contributed by atoms with Gasteiger partial charge in [0.25, 0.3) is 0 Å². The molecule has 23 heavy (non-hydrogen) atoms.